The second kappa shape index (κ2) is 24.0. The highest BCUT2D eigenvalue weighted by molar-refractivity contribution is 9.09. The van der Waals surface area contributed by atoms with E-state index in [0.29, 0.717) is 59.5 Å². The first-order valence-electron chi connectivity index (χ1n) is 17.6. The third-order valence-corrected chi connectivity index (χ3v) is 9.33. The van der Waals surface area contributed by atoms with E-state index in [1.807, 2.05) is 57.5 Å². The molecule has 0 unspecified atom stereocenters. The van der Waals surface area contributed by atoms with E-state index in [1.165, 1.54) is 4.90 Å². The van der Waals surface area contributed by atoms with Crippen LogP contribution in [0.25, 0.3) is 10.4 Å². The van der Waals surface area contributed by atoms with Crippen molar-refractivity contribution in [2.24, 2.45) is 5.41 Å². The van der Waals surface area contributed by atoms with Crippen molar-refractivity contribution in [3.8, 4) is 10.4 Å². The summed E-state index contributed by atoms with van der Waals surface area (Å²) in [6.45, 7) is 12.3. The van der Waals surface area contributed by atoms with E-state index in [2.05, 4.69) is 31.5 Å². The lowest BCUT2D eigenvalue weighted by Gasteiger charge is -2.35. The van der Waals surface area contributed by atoms with Crippen LogP contribution in [0.4, 0.5) is 0 Å². The zero-order chi connectivity index (χ0) is 37.8. The molecule has 0 spiro atoms. The van der Waals surface area contributed by atoms with Crippen molar-refractivity contribution in [3.63, 3.8) is 0 Å². The second-order valence-corrected chi connectivity index (χ2v) is 14.9. The van der Waals surface area contributed by atoms with Crippen LogP contribution in [0.1, 0.15) is 38.4 Å². The van der Waals surface area contributed by atoms with E-state index in [0.717, 1.165) is 27.0 Å². The summed E-state index contributed by atoms with van der Waals surface area (Å²) >= 11 is 4.87. The Morgan fingerprint density at radius 1 is 0.904 bits per heavy atom. The van der Waals surface area contributed by atoms with Crippen LogP contribution in [0, 0.1) is 12.3 Å². The Morgan fingerprint density at radius 3 is 1.94 bits per heavy atom. The molecule has 1 aromatic heterocycles. The number of likely N-dealkylation sites (tertiary alicyclic amines) is 1. The molecule has 1 saturated heterocycles. The normalized spacial score (nSPS) is 16.6. The highest BCUT2D eigenvalue weighted by Crippen LogP contribution is 2.28. The molecule has 3 amide bonds. The molecule has 14 nitrogen and oxygen atoms in total. The SMILES string of the molecule is Cc1ncsc1-c1ccc(CNC(=O)[C@@H]2C[C@@H](O)CN2C(=O)[C@@H](NC(=O)COCCOCCOCCOCCOCCOCCBr)C(C)(C)C)cc1. The van der Waals surface area contributed by atoms with E-state index in [1.54, 1.807) is 11.3 Å². The number of aryl methyl sites for hydroxylation is 1. The highest BCUT2D eigenvalue weighted by Gasteiger charge is 2.44. The van der Waals surface area contributed by atoms with Gasteiger partial charge in [0.1, 0.15) is 18.7 Å². The third-order valence-electron chi connectivity index (χ3n) is 8.03. The van der Waals surface area contributed by atoms with Gasteiger partial charge in [-0.15, -0.1) is 11.3 Å². The summed E-state index contributed by atoms with van der Waals surface area (Å²) < 4.78 is 32.6. The Morgan fingerprint density at radius 2 is 1.44 bits per heavy atom. The van der Waals surface area contributed by atoms with Crippen molar-refractivity contribution < 1.29 is 47.9 Å². The van der Waals surface area contributed by atoms with E-state index in [4.69, 9.17) is 28.4 Å². The first-order chi connectivity index (χ1) is 25.0. The molecule has 16 heteroatoms. The van der Waals surface area contributed by atoms with E-state index >= 15 is 0 Å². The Balaban J connectivity index is 1.32. The fourth-order valence-corrected chi connectivity index (χ4v) is 6.34. The Kier molecular flexibility index (Phi) is 20.2. The van der Waals surface area contributed by atoms with Crippen LogP contribution in [-0.4, -0.2) is 142 Å². The first-order valence-corrected chi connectivity index (χ1v) is 19.6. The molecule has 3 rings (SSSR count). The Hall–Kier alpha value is -2.54. The van der Waals surface area contributed by atoms with Crippen molar-refractivity contribution in [2.75, 3.05) is 91.2 Å². The molecule has 0 aliphatic carbocycles. The van der Waals surface area contributed by atoms with Crippen LogP contribution in [0.2, 0.25) is 0 Å². The monoisotopic (exact) mass is 814 g/mol. The average Bonchev–Trinajstić information content (AvgIpc) is 3.73. The molecule has 1 aliphatic heterocycles. The van der Waals surface area contributed by atoms with Crippen LogP contribution in [0.15, 0.2) is 29.8 Å². The van der Waals surface area contributed by atoms with Crippen molar-refractivity contribution in [3.05, 3.63) is 41.0 Å². The fraction of sp³-hybridized carbons (Fsp3) is 0.667. The van der Waals surface area contributed by atoms with Gasteiger partial charge in [0, 0.05) is 24.8 Å². The zero-order valence-corrected chi connectivity index (χ0v) is 33.1. The van der Waals surface area contributed by atoms with Crippen molar-refractivity contribution >= 4 is 45.0 Å². The molecule has 1 aromatic carbocycles. The van der Waals surface area contributed by atoms with Gasteiger partial charge in [0.25, 0.3) is 0 Å². The van der Waals surface area contributed by atoms with Crippen LogP contribution in [-0.2, 0) is 49.3 Å². The molecule has 1 aliphatic rings. The quantitative estimate of drug-likeness (QED) is 0.0997. The summed E-state index contributed by atoms with van der Waals surface area (Å²) in [5.41, 5.74) is 4.06. The number of aromatic nitrogens is 1. The standard InChI is InChI=1S/C36H55BrN4O10S/c1-26-32(52-25-39-26)28-7-5-27(6-8-28)22-38-34(44)30-21-29(42)23-41(30)35(45)33(36(2,3)4)40-31(43)24-51-20-19-50-18-17-49-16-15-48-14-13-47-12-11-46-10-9-37/h5-8,25,29-30,33,42H,9-24H2,1-4H3,(H,38,44)(H,40,43)/t29-,30+,33-/m1/s1. The lowest BCUT2D eigenvalue weighted by atomic mass is 9.85. The maximum atomic E-state index is 13.8. The largest absolute Gasteiger partial charge is 0.391 e. The summed E-state index contributed by atoms with van der Waals surface area (Å²) in [5.74, 6) is -1.27. The number of nitrogens with zero attached hydrogens (tertiary/aromatic N) is 2. The predicted octanol–water partition coefficient (Wildman–Crippen LogP) is 2.72. The number of aliphatic hydroxyl groups is 1. The zero-order valence-electron chi connectivity index (χ0n) is 30.7. The Labute approximate surface area is 319 Å². The molecular formula is C36H55BrN4O10S. The van der Waals surface area contributed by atoms with Gasteiger partial charge < -0.3 is 49.1 Å². The number of benzene rings is 1. The van der Waals surface area contributed by atoms with Crippen LogP contribution >= 0.6 is 27.3 Å². The van der Waals surface area contributed by atoms with Gasteiger partial charge in [-0.05, 0) is 23.5 Å². The first kappa shape index (κ1) is 43.9. The fourth-order valence-electron chi connectivity index (χ4n) is 5.30. The summed E-state index contributed by atoms with van der Waals surface area (Å²) in [6.07, 6.45) is -0.747. The number of rotatable bonds is 25. The maximum absolute atomic E-state index is 13.8. The van der Waals surface area contributed by atoms with Gasteiger partial charge in [0.05, 0.1) is 94.9 Å². The number of hydrogen-bond acceptors (Lipinski definition) is 12. The molecule has 0 bridgehead atoms. The summed E-state index contributed by atoms with van der Waals surface area (Å²) in [7, 11) is 0. The molecule has 3 atom stereocenters. The number of β-amino-alcohol motifs (C(OH)–C–C–N with tert-alkyl or cyclic N) is 1. The molecule has 0 radical (unpaired) electrons. The highest BCUT2D eigenvalue weighted by atomic mass is 79.9. The van der Waals surface area contributed by atoms with Crippen LogP contribution in [0.3, 0.4) is 0 Å². The smallest absolute Gasteiger partial charge is 0.246 e. The lowest BCUT2D eigenvalue weighted by Crippen LogP contribution is -2.58. The van der Waals surface area contributed by atoms with E-state index in [-0.39, 0.29) is 45.2 Å². The van der Waals surface area contributed by atoms with Gasteiger partial charge in [-0.2, -0.15) is 0 Å². The minimum absolute atomic E-state index is 0.00384. The molecule has 0 saturated carbocycles. The Bertz CT molecular complexity index is 1340. The lowest BCUT2D eigenvalue weighted by molar-refractivity contribution is -0.144. The molecule has 2 heterocycles. The topological polar surface area (TPSA) is 167 Å². The summed E-state index contributed by atoms with van der Waals surface area (Å²) in [6, 6.07) is 6.06. The number of hydrogen-bond donors (Lipinski definition) is 3. The number of carbonyl (C=O) groups excluding carboxylic acids is 3. The average molecular weight is 816 g/mol. The molecule has 3 N–H and O–H groups in total. The molecule has 52 heavy (non-hydrogen) atoms. The van der Waals surface area contributed by atoms with Gasteiger partial charge in [-0.1, -0.05) is 61.0 Å². The van der Waals surface area contributed by atoms with Gasteiger partial charge in [-0.25, -0.2) is 4.98 Å². The van der Waals surface area contributed by atoms with Crippen LogP contribution in [0.5, 0.6) is 0 Å². The van der Waals surface area contributed by atoms with Gasteiger partial charge in [0.15, 0.2) is 0 Å². The minimum Gasteiger partial charge on any atom is -0.391 e. The van der Waals surface area contributed by atoms with Gasteiger partial charge >= 0.3 is 0 Å². The number of ether oxygens (including phenoxy) is 6. The number of aliphatic hydroxyl groups excluding tert-OH is 1. The molecular weight excluding hydrogens is 760 g/mol. The summed E-state index contributed by atoms with van der Waals surface area (Å²) in [5, 5.41) is 17.0. The predicted molar refractivity (Wildman–Crippen MR) is 200 cm³/mol. The van der Waals surface area contributed by atoms with Crippen molar-refractivity contribution in [1.82, 2.24) is 20.5 Å². The van der Waals surface area contributed by atoms with Crippen molar-refractivity contribution in [1.29, 1.82) is 0 Å². The van der Waals surface area contributed by atoms with E-state index < -0.39 is 35.4 Å². The van der Waals surface area contributed by atoms with Gasteiger partial charge in [0.2, 0.25) is 17.7 Å². The third kappa shape index (κ3) is 15.8. The number of carbonyl (C=O) groups is 3. The molecule has 1 fully saturated rings. The number of halogens is 1. The maximum Gasteiger partial charge on any atom is 0.246 e. The van der Waals surface area contributed by atoms with Crippen LogP contribution < -0.4 is 10.6 Å². The van der Waals surface area contributed by atoms with Crippen molar-refractivity contribution in [2.45, 2.75) is 58.8 Å². The molecule has 292 valence electrons. The molecule has 2 aromatic rings. The number of thiazole rings is 1. The summed E-state index contributed by atoms with van der Waals surface area (Å²) in [4.78, 5) is 46.7. The van der Waals surface area contributed by atoms with E-state index in [9.17, 15) is 19.5 Å². The van der Waals surface area contributed by atoms with Gasteiger partial charge in [-0.3, -0.25) is 14.4 Å². The number of nitrogens with one attached hydrogen (secondary N) is 2. The second-order valence-electron chi connectivity index (χ2n) is 13.2. The number of amides is 3. The number of alkyl halides is 1. The minimum atomic E-state index is -0.944.